The zero-order valence-corrected chi connectivity index (χ0v) is 14.0. The maximum Gasteiger partial charge on any atom is 0.171 e. The van der Waals surface area contributed by atoms with Gasteiger partial charge in [0.15, 0.2) is 5.11 Å². The van der Waals surface area contributed by atoms with Gasteiger partial charge in [0, 0.05) is 36.6 Å². The summed E-state index contributed by atoms with van der Waals surface area (Å²) in [6.45, 7) is 2.57. The fourth-order valence-electron chi connectivity index (χ4n) is 1.95. The third kappa shape index (κ3) is 4.11. The first-order valence-electron chi connectivity index (χ1n) is 6.79. The number of nitrogens with zero attached hydrogens (tertiary/aromatic N) is 2. The molecule has 0 radical (unpaired) electrons. The lowest BCUT2D eigenvalue weighted by Gasteiger charge is -2.12. The molecule has 0 saturated carbocycles. The molecular formula is C15H20N4O2S. The Morgan fingerprint density at radius 2 is 1.82 bits per heavy atom. The van der Waals surface area contributed by atoms with Crippen LogP contribution in [0.3, 0.4) is 0 Å². The molecule has 7 heteroatoms. The first-order chi connectivity index (χ1) is 10.5. The van der Waals surface area contributed by atoms with Gasteiger partial charge in [0.25, 0.3) is 0 Å². The zero-order valence-electron chi connectivity index (χ0n) is 13.1. The van der Waals surface area contributed by atoms with Crippen LogP contribution in [0.15, 0.2) is 24.3 Å². The Bertz CT molecular complexity index is 628. The van der Waals surface area contributed by atoms with Crippen LogP contribution in [0.5, 0.6) is 11.5 Å². The SMILES string of the molecule is COc1cc(NC(=S)NCc2cc(C)n(C)n2)cc(OC)c1. The molecule has 118 valence electrons. The molecule has 6 nitrogen and oxygen atoms in total. The highest BCUT2D eigenvalue weighted by Gasteiger charge is 2.05. The lowest BCUT2D eigenvalue weighted by Crippen LogP contribution is -2.28. The summed E-state index contributed by atoms with van der Waals surface area (Å²) in [4.78, 5) is 0. The minimum Gasteiger partial charge on any atom is -0.497 e. The maximum absolute atomic E-state index is 5.30. The normalized spacial score (nSPS) is 10.2. The van der Waals surface area contributed by atoms with E-state index in [1.54, 1.807) is 20.3 Å². The Hall–Kier alpha value is -2.28. The van der Waals surface area contributed by atoms with Gasteiger partial charge in [-0.05, 0) is 25.2 Å². The number of hydrogen-bond donors (Lipinski definition) is 2. The average molecular weight is 320 g/mol. The molecule has 1 aromatic heterocycles. The van der Waals surface area contributed by atoms with E-state index in [1.807, 2.05) is 36.9 Å². The van der Waals surface area contributed by atoms with Crippen LogP contribution in [0.2, 0.25) is 0 Å². The van der Waals surface area contributed by atoms with E-state index in [0.29, 0.717) is 23.2 Å². The van der Waals surface area contributed by atoms with Crippen molar-refractivity contribution in [3.8, 4) is 11.5 Å². The zero-order chi connectivity index (χ0) is 16.1. The number of aromatic nitrogens is 2. The van der Waals surface area contributed by atoms with Crippen LogP contribution in [0, 0.1) is 6.92 Å². The molecule has 0 aliphatic rings. The van der Waals surface area contributed by atoms with E-state index in [-0.39, 0.29) is 0 Å². The van der Waals surface area contributed by atoms with Gasteiger partial charge in [0.1, 0.15) is 11.5 Å². The van der Waals surface area contributed by atoms with Crippen molar-refractivity contribution in [2.24, 2.45) is 7.05 Å². The largest absolute Gasteiger partial charge is 0.497 e. The fraction of sp³-hybridized carbons (Fsp3) is 0.333. The predicted octanol–water partition coefficient (Wildman–Crippen LogP) is 2.23. The number of nitrogens with one attached hydrogen (secondary N) is 2. The number of methoxy groups -OCH3 is 2. The molecule has 2 aromatic rings. The van der Waals surface area contributed by atoms with Crippen molar-refractivity contribution in [1.82, 2.24) is 15.1 Å². The van der Waals surface area contributed by atoms with Crippen molar-refractivity contribution in [2.75, 3.05) is 19.5 Å². The van der Waals surface area contributed by atoms with Crippen molar-refractivity contribution in [3.63, 3.8) is 0 Å². The average Bonchev–Trinajstić information content (AvgIpc) is 2.83. The molecular weight excluding hydrogens is 300 g/mol. The van der Waals surface area contributed by atoms with Gasteiger partial charge in [0.05, 0.1) is 26.5 Å². The monoisotopic (exact) mass is 320 g/mol. The topological polar surface area (TPSA) is 60.3 Å². The van der Waals surface area contributed by atoms with Gasteiger partial charge in [-0.2, -0.15) is 5.10 Å². The molecule has 0 saturated heterocycles. The summed E-state index contributed by atoms with van der Waals surface area (Å²) in [5.41, 5.74) is 2.84. The molecule has 2 rings (SSSR count). The first kappa shape index (κ1) is 16.1. The number of ether oxygens (including phenoxy) is 2. The highest BCUT2D eigenvalue weighted by molar-refractivity contribution is 7.80. The lowest BCUT2D eigenvalue weighted by molar-refractivity contribution is 0.395. The lowest BCUT2D eigenvalue weighted by atomic mass is 10.3. The second kappa shape index (κ2) is 7.13. The van der Waals surface area contributed by atoms with Crippen LogP contribution in [0.25, 0.3) is 0 Å². The molecule has 1 heterocycles. The van der Waals surface area contributed by atoms with Crippen LogP contribution >= 0.6 is 12.2 Å². The molecule has 0 bridgehead atoms. The minimum absolute atomic E-state index is 0.513. The molecule has 0 aliphatic carbocycles. The van der Waals surface area contributed by atoms with Crippen molar-refractivity contribution < 1.29 is 9.47 Å². The van der Waals surface area contributed by atoms with Gasteiger partial charge in [-0.15, -0.1) is 0 Å². The molecule has 22 heavy (non-hydrogen) atoms. The van der Waals surface area contributed by atoms with Gasteiger partial charge < -0.3 is 20.1 Å². The highest BCUT2D eigenvalue weighted by Crippen LogP contribution is 2.25. The molecule has 0 fully saturated rings. The van der Waals surface area contributed by atoms with Gasteiger partial charge in [-0.25, -0.2) is 0 Å². The van der Waals surface area contributed by atoms with Crippen molar-refractivity contribution in [2.45, 2.75) is 13.5 Å². The van der Waals surface area contributed by atoms with E-state index < -0.39 is 0 Å². The third-order valence-electron chi connectivity index (χ3n) is 3.20. The molecule has 0 spiro atoms. The summed E-state index contributed by atoms with van der Waals surface area (Å²) in [7, 11) is 5.13. The third-order valence-corrected chi connectivity index (χ3v) is 3.45. The standard InChI is InChI=1S/C15H20N4O2S/c1-10-5-12(18-19(10)2)9-16-15(22)17-11-6-13(20-3)8-14(7-11)21-4/h5-8H,9H2,1-4H3,(H2,16,17,22). The quantitative estimate of drug-likeness (QED) is 0.824. The summed E-state index contributed by atoms with van der Waals surface area (Å²) in [6, 6.07) is 7.52. The predicted molar refractivity (Wildman–Crippen MR) is 90.6 cm³/mol. The minimum atomic E-state index is 0.513. The van der Waals surface area contributed by atoms with E-state index >= 15 is 0 Å². The molecule has 2 N–H and O–H groups in total. The van der Waals surface area contributed by atoms with Crippen molar-refractivity contribution in [3.05, 3.63) is 35.7 Å². The van der Waals surface area contributed by atoms with Crippen LogP contribution in [-0.2, 0) is 13.6 Å². The second-order valence-electron chi connectivity index (χ2n) is 4.81. The number of thiocarbonyl (C=S) groups is 1. The highest BCUT2D eigenvalue weighted by atomic mass is 32.1. The van der Waals surface area contributed by atoms with Gasteiger partial charge in [-0.3, -0.25) is 4.68 Å². The van der Waals surface area contributed by atoms with Gasteiger partial charge in [0.2, 0.25) is 0 Å². The maximum atomic E-state index is 5.30. The van der Waals surface area contributed by atoms with E-state index in [1.165, 1.54) is 0 Å². The van der Waals surface area contributed by atoms with Gasteiger partial charge in [-0.1, -0.05) is 0 Å². The molecule has 1 aromatic carbocycles. The van der Waals surface area contributed by atoms with Crippen LogP contribution in [0.4, 0.5) is 5.69 Å². The Labute approximate surface area is 135 Å². The Kier molecular flexibility index (Phi) is 5.21. The number of benzene rings is 1. The Balaban J connectivity index is 1.96. The van der Waals surface area contributed by atoms with E-state index in [2.05, 4.69) is 15.7 Å². The van der Waals surface area contributed by atoms with Gasteiger partial charge >= 0.3 is 0 Å². The number of hydrogen-bond acceptors (Lipinski definition) is 4. The Morgan fingerprint density at radius 3 is 2.32 bits per heavy atom. The summed E-state index contributed by atoms with van der Waals surface area (Å²) in [5, 5.41) is 11.1. The number of rotatable bonds is 5. The smallest absolute Gasteiger partial charge is 0.171 e. The van der Waals surface area contributed by atoms with Crippen molar-refractivity contribution >= 4 is 23.0 Å². The summed E-state index contributed by atoms with van der Waals surface area (Å²) >= 11 is 5.30. The van der Waals surface area contributed by atoms with E-state index in [4.69, 9.17) is 21.7 Å². The summed E-state index contributed by atoms with van der Waals surface area (Å²) < 4.78 is 12.3. The molecule has 0 aliphatic heterocycles. The fourth-order valence-corrected chi connectivity index (χ4v) is 2.14. The molecule has 0 amide bonds. The van der Waals surface area contributed by atoms with E-state index in [9.17, 15) is 0 Å². The van der Waals surface area contributed by atoms with Crippen LogP contribution in [-0.4, -0.2) is 29.1 Å². The first-order valence-corrected chi connectivity index (χ1v) is 7.20. The number of anilines is 1. The van der Waals surface area contributed by atoms with Crippen LogP contribution in [0.1, 0.15) is 11.4 Å². The summed E-state index contributed by atoms with van der Waals surface area (Å²) in [5.74, 6) is 1.40. The molecule has 0 unspecified atom stereocenters. The van der Waals surface area contributed by atoms with Crippen molar-refractivity contribution in [1.29, 1.82) is 0 Å². The second-order valence-corrected chi connectivity index (χ2v) is 5.22. The summed E-state index contributed by atoms with van der Waals surface area (Å²) in [6.07, 6.45) is 0. The van der Waals surface area contributed by atoms with E-state index in [0.717, 1.165) is 17.1 Å². The van der Waals surface area contributed by atoms with Crippen LogP contribution < -0.4 is 20.1 Å². The molecule has 0 atom stereocenters. The number of aryl methyl sites for hydroxylation is 2. The Morgan fingerprint density at radius 1 is 1.18 bits per heavy atom.